The third kappa shape index (κ3) is 3.27. The molecule has 2 bridgehead atoms. The minimum atomic E-state index is -2.71. The highest BCUT2D eigenvalue weighted by molar-refractivity contribution is 6.07. The molecule has 0 aliphatic carbocycles. The summed E-state index contributed by atoms with van der Waals surface area (Å²) in [7, 11) is 2.11. The molecule has 2 fully saturated rings. The van der Waals surface area contributed by atoms with Crippen molar-refractivity contribution in [3.8, 4) is 5.69 Å². The van der Waals surface area contributed by atoms with Gasteiger partial charge in [0.05, 0.1) is 42.4 Å². The summed E-state index contributed by atoms with van der Waals surface area (Å²) in [5, 5.41) is 7.68. The summed E-state index contributed by atoms with van der Waals surface area (Å²) in [5.74, 6) is -0.153. The first-order valence-corrected chi connectivity index (χ1v) is 10.0. The Hall–Kier alpha value is -2.78. The Labute approximate surface area is 172 Å². The van der Waals surface area contributed by atoms with Crippen molar-refractivity contribution < 1.29 is 18.3 Å². The Morgan fingerprint density at radius 3 is 2.63 bits per heavy atom. The highest BCUT2D eigenvalue weighted by Gasteiger charge is 2.37. The number of para-hydroxylation sites is 1. The maximum Gasteiger partial charge on any atom is 0.333 e. The van der Waals surface area contributed by atoms with E-state index in [9.17, 15) is 13.6 Å². The molecule has 158 valence electrons. The summed E-state index contributed by atoms with van der Waals surface area (Å²) >= 11 is 0. The number of morpholine rings is 1. The Bertz CT molecular complexity index is 1060. The number of nitrogens with zero attached hydrogens (tertiary/aromatic N) is 4. The molecule has 30 heavy (non-hydrogen) atoms. The van der Waals surface area contributed by atoms with E-state index in [0.717, 1.165) is 23.7 Å². The number of carbonyl (C=O) groups is 1. The molecular weight excluding hydrogens is 392 g/mol. The smallest absolute Gasteiger partial charge is 0.333 e. The Balaban J connectivity index is 1.43. The SMILES string of the molecule is CN1[C@@H]2COC[C@H]1CC(NC(=O)c1cn(-c3cnn(C(F)F)c3)c3ccccc13)C2. The van der Waals surface area contributed by atoms with Crippen LogP contribution in [0.1, 0.15) is 29.7 Å². The van der Waals surface area contributed by atoms with E-state index in [-0.39, 0.29) is 11.9 Å². The molecule has 0 radical (unpaired) electrons. The first kappa shape index (κ1) is 19.2. The molecule has 1 aromatic carbocycles. The van der Waals surface area contributed by atoms with E-state index in [1.165, 1.54) is 12.4 Å². The maximum atomic E-state index is 13.2. The number of hydrogen-bond acceptors (Lipinski definition) is 4. The summed E-state index contributed by atoms with van der Waals surface area (Å²) in [6.07, 6.45) is 6.04. The molecule has 2 saturated heterocycles. The van der Waals surface area contributed by atoms with Crippen LogP contribution in [0.2, 0.25) is 0 Å². The third-order valence-electron chi connectivity index (χ3n) is 6.24. The van der Waals surface area contributed by atoms with Crippen LogP contribution in [0, 0.1) is 0 Å². The van der Waals surface area contributed by atoms with Crippen LogP contribution >= 0.6 is 0 Å². The van der Waals surface area contributed by atoms with E-state index in [2.05, 4.69) is 22.4 Å². The molecule has 7 nitrogen and oxygen atoms in total. The number of piperidine rings is 1. The second-order valence-electron chi connectivity index (χ2n) is 8.04. The van der Waals surface area contributed by atoms with Crippen LogP contribution in [0.25, 0.3) is 16.6 Å². The number of carbonyl (C=O) groups excluding carboxylic acids is 1. The van der Waals surface area contributed by atoms with Crippen molar-refractivity contribution in [3.63, 3.8) is 0 Å². The van der Waals surface area contributed by atoms with Crippen molar-refractivity contribution >= 4 is 16.8 Å². The standard InChI is InChI=1S/C21H23F2N5O2/c1-26-14-6-13(7-15(26)12-30-11-14)25-20(29)18-10-27(19-5-3-2-4-17(18)19)16-8-24-28(9-16)21(22)23/h2-5,8-10,13-15,21H,6-7,11-12H2,1H3,(H,25,29)/t13?,14-,15+. The van der Waals surface area contributed by atoms with Gasteiger partial charge in [0.15, 0.2) is 0 Å². The molecule has 1 amide bonds. The third-order valence-corrected chi connectivity index (χ3v) is 6.24. The van der Waals surface area contributed by atoms with Crippen molar-refractivity contribution in [2.75, 3.05) is 20.3 Å². The lowest BCUT2D eigenvalue weighted by molar-refractivity contribution is -0.0670. The zero-order valence-electron chi connectivity index (χ0n) is 16.5. The molecule has 3 atom stereocenters. The Morgan fingerprint density at radius 2 is 1.93 bits per heavy atom. The van der Waals surface area contributed by atoms with Gasteiger partial charge in [-0.25, -0.2) is 4.68 Å². The number of ether oxygens (including phenoxy) is 1. The van der Waals surface area contributed by atoms with Gasteiger partial charge in [-0.2, -0.15) is 13.9 Å². The second-order valence-corrected chi connectivity index (χ2v) is 8.04. The van der Waals surface area contributed by atoms with E-state index >= 15 is 0 Å². The predicted molar refractivity (Wildman–Crippen MR) is 107 cm³/mol. The normalized spacial score (nSPS) is 24.5. The number of fused-ring (bicyclic) bond motifs is 3. The number of hydrogen-bond donors (Lipinski definition) is 1. The van der Waals surface area contributed by atoms with E-state index in [1.807, 2.05) is 24.3 Å². The molecule has 2 aromatic heterocycles. The van der Waals surface area contributed by atoms with Crippen LogP contribution in [-0.4, -0.2) is 63.5 Å². The first-order chi connectivity index (χ1) is 14.5. The van der Waals surface area contributed by atoms with E-state index in [0.29, 0.717) is 41.2 Å². The molecule has 1 N–H and O–H groups in total. The lowest BCUT2D eigenvalue weighted by Gasteiger charge is -2.46. The van der Waals surface area contributed by atoms with E-state index in [1.54, 1.807) is 10.8 Å². The minimum Gasteiger partial charge on any atom is -0.378 e. The summed E-state index contributed by atoms with van der Waals surface area (Å²) < 4.78 is 33.9. The van der Waals surface area contributed by atoms with Gasteiger partial charge in [-0.3, -0.25) is 9.69 Å². The van der Waals surface area contributed by atoms with Crippen LogP contribution < -0.4 is 5.32 Å². The van der Waals surface area contributed by atoms with Gasteiger partial charge in [0.2, 0.25) is 0 Å². The summed E-state index contributed by atoms with van der Waals surface area (Å²) in [4.78, 5) is 15.5. The van der Waals surface area contributed by atoms with Crippen LogP contribution in [0.15, 0.2) is 42.9 Å². The summed E-state index contributed by atoms with van der Waals surface area (Å²) in [5.41, 5.74) is 1.78. The topological polar surface area (TPSA) is 64.3 Å². The lowest BCUT2D eigenvalue weighted by Crippen LogP contribution is -2.59. The van der Waals surface area contributed by atoms with Gasteiger partial charge >= 0.3 is 6.55 Å². The van der Waals surface area contributed by atoms with Crippen molar-refractivity contribution in [1.29, 1.82) is 0 Å². The van der Waals surface area contributed by atoms with Crippen LogP contribution in [0.4, 0.5) is 8.78 Å². The van der Waals surface area contributed by atoms with Crippen molar-refractivity contribution in [2.24, 2.45) is 0 Å². The molecule has 4 heterocycles. The van der Waals surface area contributed by atoms with Crippen LogP contribution in [0.5, 0.6) is 0 Å². The number of rotatable bonds is 4. The van der Waals surface area contributed by atoms with E-state index in [4.69, 9.17) is 4.74 Å². The van der Waals surface area contributed by atoms with Crippen molar-refractivity contribution in [2.45, 2.75) is 37.5 Å². The number of alkyl halides is 2. The number of nitrogens with one attached hydrogen (secondary N) is 1. The zero-order valence-corrected chi connectivity index (χ0v) is 16.5. The molecule has 2 aliphatic rings. The molecule has 5 rings (SSSR count). The van der Waals surface area contributed by atoms with Gasteiger partial charge in [0.25, 0.3) is 5.91 Å². The number of amides is 1. The lowest BCUT2D eigenvalue weighted by atomic mass is 9.90. The van der Waals surface area contributed by atoms with Crippen molar-refractivity contribution in [1.82, 2.24) is 24.6 Å². The molecule has 3 aromatic rings. The first-order valence-electron chi connectivity index (χ1n) is 10.0. The molecule has 0 saturated carbocycles. The fourth-order valence-electron chi connectivity index (χ4n) is 4.61. The number of likely N-dealkylation sites (N-methyl/N-ethyl adjacent to an activating group) is 1. The number of halogens is 2. The van der Waals surface area contributed by atoms with Crippen molar-refractivity contribution in [3.05, 3.63) is 48.4 Å². The zero-order chi connectivity index (χ0) is 20.8. The fourth-order valence-corrected chi connectivity index (χ4v) is 4.61. The highest BCUT2D eigenvalue weighted by atomic mass is 19.3. The molecule has 1 unspecified atom stereocenters. The monoisotopic (exact) mass is 415 g/mol. The predicted octanol–water partition coefficient (Wildman–Crippen LogP) is 2.81. The molecule has 9 heteroatoms. The quantitative estimate of drug-likeness (QED) is 0.712. The summed E-state index contributed by atoms with van der Waals surface area (Å²) in [6.45, 7) is -1.34. The minimum absolute atomic E-state index is 0.0799. The maximum absolute atomic E-state index is 13.2. The number of benzene rings is 1. The van der Waals surface area contributed by atoms with Gasteiger partial charge in [-0.1, -0.05) is 18.2 Å². The van der Waals surface area contributed by atoms with Crippen LogP contribution in [-0.2, 0) is 4.74 Å². The fraction of sp³-hybridized carbons (Fsp3) is 0.429. The van der Waals surface area contributed by atoms with Gasteiger partial charge in [-0.05, 0) is 26.0 Å². The van der Waals surface area contributed by atoms with Gasteiger partial charge in [-0.15, -0.1) is 0 Å². The Kier molecular flexibility index (Phi) is 4.79. The number of aromatic nitrogens is 3. The van der Waals surface area contributed by atoms with Gasteiger partial charge < -0.3 is 14.6 Å². The Morgan fingerprint density at radius 1 is 1.20 bits per heavy atom. The summed E-state index contributed by atoms with van der Waals surface area (Å²) in [6, 6.07) is 8.16. The van der Waals surface area contributed by atoms with Gasteiger partial charge in [0.1, 0.15) is 0 Å². The van der Waals surface area contributed by atoms with Gasteiger partial charge in [0, 0.05) is 29.7 Å². The molecule has 0 spiro atoms. The average Bonchev–Trinajstić information content (AvgIpc) is 3.34. The van der Waals surface area contributed by atoms with E-state index < -0.39 is 6.55 Å². The average molecular weight is 415 g/mol. The largest absolute Gasteiger partial charge is 0.378 e. The molecular formula is C21H23F2N5O2. The second kappa shape index (κ2) is 7.48. The highest BCUT2D eigenvalue weighted by Crippen LogP contribution is 2.28. The van der Waals surface area contributed by atoms with Crippen LogP contribution in [0.3, 0.4) is 0 Å². The molecule has 2 aliphatic heterocycles.